The van der Waals surface area contributed by atoms with Gasteiger partial charge < -0.3 is 4.79 Å². The molecule has 0 aliphatic carbocycles. The van der Waals surface area contributed by atoms with E-state index in [0.717, 1.165) is 16.7 Å². The monoisotopic (exact) mass is 173 g/mol. The van der Waals surface area contributed by atoms with Gasteiger partial charge in [0.15, 0.2) is 0 Å². The van der Waals surface area contributed by atoms with Crippen molar-refractivity contribution < 1.29 is 14.4 Å². The van der Waals surface area contributed by atoms with Crippen LogP contribution in [0.5, 0.6) is 0 Å². The molecule has 0 saturated carbocycles. The van der Waals surface area contributed by atoms with Gasteiger partial charge in [0.25, 0.3) is 5.24 Å². The summed E-state index contributed by atoms with van der Waals surface area (Å²) < 4.78 is 0. The third-order valence-electron chi connectivity index (χ3n) is 1.32. The number of carbonyl (C=O) groups excluding carboxylic acids is 3. The van der Waals surface area contributed by atoms with Crippen LogP contribution < -0.4 is 0 Å². The largest absolute Gasteiger partial charge is 0.301 e. The molecule has 11 heavy (non-hydrogen) atoms. The van der Waals surface area contributed by atoms with Crippen molar-refractivity contribution in [1.82, 2.24) is 4.90 Å². The summed E-state index contributed by atoms with van der Waals surface area (Å²) in [5.41, 5.74) is 0. The first-order valence-corrected chi connectivity index (χ1v) is 4.15. The molecule has 0 radical (unpaired) electrons. The zero-order valence-electron chi connectivity index (χ0n) is 5.78. The number of thioether (sulfide) groups is 1. The van der Waals surface area contributed by atoms with Crippen molar-refractivity contribution in [2.24, 2.45) is 0 Å². The Balaban J connectivity index is 2.62. The molecule has 4 nitrogen and oxygen atoms in total. The van der Waals surface area contributed by atoms with Crippen molar-refractivity contribution >= 4 is 29.2 Å². The van der Waals surface area contributed by atoms with Crippen LogP contribution in [-0.2, 0) is 9.59 Å². The number of nitrogens with zero attached hydrogens (tertiary/aromatic N) is 1. The molecular weight excluding hydrogens is 166 g/mol. The summed E-state index contributed by atoms with van der Waals surface area (Å²) in [6.45, 7) is -0.106. The van der Waals surface area contributed by atoms with Crippen LogP contribution in [0.25, 0.3) is 0 Å². The Kier molecular flexibility index (Phi) is 2.64. The van der Waals surface area contributed by atoms with Gasteiger partial charge in [-0.2, -0.15) is 0 Å². The maximum atomic E-state index is 10.9. The Morgan fingerprint density at radius 2 is 2.27 bits per heavy atom. The number of hydrogen-bond donors (Lipinski definition) is 0. The van der Waals surface area contributed by atoms with E-state index in [4.69, 9.17) is 0 Å². The second-order valence-corrected chi connectivity index (χ2v) is 3.08. The Labute approximate surface area is 67.9 Å². The van der Waals surface area contributed by atoms with Gasteiger partial charge in [-0.15, -0.1) is 0 Å². The fraction of sp³-hybridized carbons (Fsp3) is 0.500. The molecule has 1 saturated heterocycles. The lowest BCUT2D eigenvalue weighted by molar-refractivity contribution is -0.129. The van der Waals surface area contributed by atoms with E-state index in [1.165, 1.54) is 0 Å². The van der Waals surface area contributed by atoms with Gasteiger partial charge in [-0.05, 0) is 0 Å². The summed E-state index contributed by atoms with van der Waals surface area (Å²) >= 11 is 1.08. The minimum atomic E-state index is -0.312. The van der Waals surface area contributed by atoms with Crippen LogP contribution in [0.3, 0.4) is 0 Å². The van der Waals surface area contributed by atoms with Crippen molar-refractivity contribution in [3.8, 4) is 0 Å². The molecule has 0 aromatic carbocycles. The SMILES string of the molecule is O=CCN1C(=O)CCSC1=O. The first-order chi connectivity index (χ1) is 5.25. The summed E-state index contributed by atoms with van der Waals surface area (Å²) in [6.07, 6.45) is 0.909. The van der Waals surface area contributed by atoms with Gasteiger partial charge in [0.1, 0.15) is 6.29 Å². The fourth-order valence-electron chi connectivity index (χ4n) is 0.791. The summed E-state index contributed by atoms with van der Waals surface area (Å²) in [5, 5.41) is -0.312. The summed E-state index contributed by atoms with van der Waals surface area (Å²) in [7, 11) is 0. The predicted octanol–water partition coefficient (Wildman–Crippen LogP) is 0.271. The van der Waals surface area contributed by atoms with Gasteiger partial charge in [-0.25, -0.2) is 0 Å². The Bertz CT molecular complexity index is 188. The number of aldehydes is 1. The summed E-state index contributed by atoms with van der Waals surface area (Å²) in [4.78, 5) is 32.8. The highest BCUT2D eigenvalue weighted by Gasteiger charge is 2.25. The normalized spacial score (nSPS) is 18.7. The van der Waals surface area contributed by atoms with Crippen molar-refractivity contribution in [3.63, 3.8) is 0 Å². The van der Waals surface area contributed by atoms with E-state index in [-0.39, 0.29) is 17.7 Å². The highest BCUT2D eigenvalue weighted by molar-refractivity contribution is 8.13. The average Bonchev–Trinajstić information content (AvgIpc) is 1.97. The quantitative estimate of drug-likeness (QED) is 0.562. The van der Waals surface area contributed by atoms with Crippen LogP contribution in [-0.4, -0.2) is 34.6 Å². The molecule has 0 unspecified atom stereocenters. The lowest BCUT2D eigenvalue weighted by atomic mass is 10.4. The Hall–Kier alpha value is -0.840. The van der Waals surface area contributed by atoms with E-state index < -0.39 is 0 Å². The zero-order valence-corrected chi connectivity index (χ0v) is 6.60. The molecule has 0 bridgehead atoms. The number of rotatable bonds is 2. The second-order valence-electron chi connectivity index (χ2n) is 2.04. The van der Waals surface area contributed by atoms with E-state index in [1.54, 1.807) is 0 Å². The zero-order chi connectivity index (χ0) is 8.27. The van der Waals surface area contributed by atoms with Gasteiger partial charge in [-0.1, -0.05) is 11.8 Å². The van der Waals surface area contributed by atoms with Gasteiger partial charge in [0.2, 0.25) is 5.91 Å². The number of imide groups is 1. The maximum absolute atomic E-state index is 10.9. The third-order valence-corrected chi connectivity index (χ3v) is 2.20. The first kappa shape index (κ1) is 8.26. The molecule has 0 aromatic rings. The van der Waals surface area contributed by atoms with Crippen molar-refractivity contribution in [2.75, 3.05) is 12.3 Å². The standard InChI is InChI=1S/C6H7NO3S/c8-3-2-7-5(9)1-4-11-6(7)10/h3H,1-2,4H2. The topological polar surface area (TPSA) is 54.5 Å². The average molecular weight is 173 g/mol. The molecule has 1 rings (SSSR count). The summed E-state index contributed by atoms with van der Waals surface area (Å²) in [6, 6.07) is 0. The fourth-order valence-corrected chi connectivity index (χ4v) is 1.57. The molecule has 1 aliphatic rings. The molecule has 60 valence electrons. The van der Waals surface area contributed by atoms with Crippen LogP contribution in [0.2, 0.25) is 0 Å². The van der Waals surface area contributed by atoms with Gasteiger partial charge in [0.05, 0.1) is 6.54 Å². The molecular formula is C6H7NO3S. The van der Waals surface area contributed by atoms with Crippen molar-refractivity contribution in [1.29, 1.82) is 0 Å². The number of carbonyl (C=O) groups is 3. The number of hydrogen-bond acceptors (Lipinski definition) is 4. The molecule has 2 amide bonds. The smallest absolute Gasteiger partial charge is 0.288 e. The molecule has 0 spiro atoms. The first-order valence-electron chi connectivity index (χ1n) is 3.16. The van der Waals surface area contributed by atoms with Gasteiger partial charge >= 0.3 is 0 Å². The van der Waals surface area contributed by atoms with Gasteiger partial charge in [0, 0.05) is 12.2 Å². The van der Waals surface area contributed by atoms with E-state index in [2.05, 4.69) is 0 Å². The highest BCUT2D eigenvalue weighted by atomic mass is 32.2. The second kappa shape index (κ2) is 3.52. The Morgan fingerprint density at radius 1 is 1.55 bits per heavy atom. The van der Waals surface area contributed by atoms with Crippen LogP contribution in [0.15, 0.2) is 0 Å². The lowest BCUT2D eigenvalue weighted by Crippen LogP contribution is -2.39. The maximum Gasteiger partial charge on any atom is 0.288 e. The molecule has 5 heteroatoms. The summed E-state index contributed by atoms with van der Waals surface area (Å²) in [5.74, 6) is 0.286. The minimum Gasteiger partial charge on any atom is -0.301 e. The molecule has 0 atom stereocenters. The predicted molar refractivity (Wildman–Crippen MR) is 40.2 cm³/mol. The molecule has 1 heterocycles. The van der Waals surface area contributed by atoms with E-state index in [9.17, 15) is 14.4 Å². The van der Waals surface area contributed by atoms with Crippen LogP contribution in [0.4, 0.5) is 4.79 Å². The highest BCUT2D eigenvalue weighted by Crippen LogP contribution is 2.17. The Morgan fingerprint density at radius 3 is 2.82 bits per heavy atom. The molecule has 0 N–H and O–H groups in total. The van der Waals surface area contributed by atoms with E-state index in [0.29, 0.717) is 18.5 Å². The van der Waals surface area contributed by atoms with Crippen molar-refractivity contribution in [3.05, 3.63) is 0 Å². The lowest BCUT2D eigenvalue weighted by Gasteiger charge is -2.21. The molecule has 1 aliphatic heterocycles. The molecule has 1 fully saturated rings. The van der Waals surface area contributed by atoms with E-state index >= 15 is 0 Å². The van der Waals surface area contributed by atoms with Crippen LogP contribution in [0, 0.1) is 0 Å². The minimum absolute atomic E-state index is 0.106. The number of amides is 2. The van der Waals surface area contributed by atoms with Gasteiger partial charge in [-0.3, -0.25) is 14.5 Å². The van der Waals surface area contributed by atoms with Crippen LogP contribution in [0.1, 0.15) is 6.42 Å². The van der Waals surface area contributed by atoms with Crippen molar-refractivity contribution in [2.45, 2.75) is 6.42 Å². The van der Waals surface area contributed by atoms with Crippen LogP contribution >= 0.6 is 11.8 Å². The molecule has 0 aromatic heterocycles. The van der Waals surface area contributed by atoms with E-state index in [1.807, 2.05) is 0 Å². The third kappa shape index (κ3) is 1.80.